The zero-order valence-electron chi connectivity index (χ0n) is 10.6. The molecule has 0 radical (unpaired) electrons. The molecule has 0 spiro atoms. The lowest BCUT2D eigenvalue weighted by Crippen LogP contribution is -2.36. The molecule has 1 atom stereocenters. The molecule has 1 rings (SSSR count). The van der Waals surface area contributed by atoms with Crippen molar-refractivity contribution in [2.45, 2.75) is 20.3 Å². The fourth-order valence-corrected chi connectivity index (χ4v) is 1.56. The van der Waals surface area contributed by atoms with Gasteiger partial charge in [-0.1, -0.05) is 19.9 Å². The minimum Gasteiger partial charge on any atom is -0.481 e. The van der Waals surface area contributed by atoms with Crippen LogP contribution in [0.25, 0.3) is 0 Å². The molecular formula is C13H18N2O3. The number of carboxylic acids is 1. The quantitative estimate of drug-likeness (QED) is 0.792. The summed E-state index contributed by atoms with van der Waals surface area (Å²) < 4.78 is 0. The number of amides is 1. The highest BCUT2D eigenvalue weighted by atomic mass is 16.4. The first-order valence-electron chi connectivity index (χ1n) is 5.90. The fraction of sp³-hybridized carbons (Fsp3) is 0.462. The molecule has 1 aromatic rings. The summed E-state index contributed by atoms with van der Waals surface area (Å²) in [6, 6.07) is 5.35. The van der Waals surface area contributed by atoms with Crippen LogP contribution in [-0.4, -0.2) is 28.5 Å². The highest BCUT2D eigenvalue weighted by Gasteiger charge is 2.21. The van der Waals surface area contributed by atoms with E-state index >= 15 is 0 Å². The molecule has 5 heteroatoms. The third kappa shape index (κ3) is 4.53. The van der Waals surface area contributed by atoms with Gasteiger partial charge >= 0.3 is 5.97 Å². The van der Waals surface area contributed by atoms with Crippen molar-refractivity contribution in [1.29, 1.82) is 0 Å². The van der Waals surface area contributed by atoms with E-state index in [4.69, 9.17) is 5.11 Å². The number of carbonyl (C=O) groups is 2. The summed E-state index contributed by atoms with van der Waals surface area (Å²) in [6.07, 6.45) is 1.79. The Balaban J connectivity index is 2.44. The first-order chi connectivity index (χ1) is 8.50. The number of carbonyl (C=O) groups excluding carboxylic acids is 1. The molecule has 0 saturated heterocycles. The number of aliphatic carboxylic acids is 1. The molecule has 0 fully saturated rings. The van der Waals surface area contributed by atoms with E-state index in [9.17, 15) is 9.59 Å². The molecule has 2 N–H and O–H groups in total. The van der Waals surface area contributed by atoms with E-state index in [1.807, 2.05) is 19.9 Å². The van der Waals surface area contributed by atoms with E-state index in [0.717, 1.165) is 0 Å². The predicted molar refractivity (Wildman–Crippen MR) is 66.9 cm³/mol. The second-order valence-corrected chi connectivity index (χ2v) is 4.49. The van der Waals surface area contributed by atoms with Crippen LogP contribution >= 0.6 is 0 Å². The number of carboxylic acid groups (broad SMARTS) is 1. The third-order valence-electron chi connectivity index (χ3n) is 2.71. The summed E-state index contributed by atoms with van der Waals surface area (Å²) in [7, 11) is 0. The predicted octanol–water partition coefficient (Wildman–Crippen LogP) is 1.10. The lowest BCUT2D eigenvalue weighted by Gasteiger charge is -2.16. The summed E-state index contributed by atoms with van der Waals surface area (Å²) in [5.74, 6) is -1.67. The second-order valence-electron chi connectivity index (χ2n) is 4.49. The molecule has 1 aromatic heterocycles. The van der Waals surface area contributed by atoms with Crippen molar-refractivity contribution in [1.82, 2.24) is 10.3 Å². The van der Waals surface area contributed by atoms with Gasteiger partial charge in [0, 0.05) is 18.4 Å². The Kier molecular flexibility index (Phi) is 5.30. The van der Waals surface area contributed by atoms with Gasteiger partial charge in [-0.2, -0.15) is 0 Å². The number of nitrogens with zero attached hydrogens (tertiary/aromatic N) is 1. The van der Waals surface area contributed by atoms with Gasteiger partial charge in [0.2, 0.25) is 5.91 Å². The Morgan fingerprint density at radius 3 is 2.61 bits per heavy atom. The summed E-state index contributed by atoms with van der Waals surface area (Å²) in [5, 5.41) is 11.6. The van der Waals surface area contributed by atoms with Gasteiger partial charge in [-0.05, 0) is 18.1 Å². The molecule has 1 heterocycles. The molecule has 0 bridgehead atoms. The molecule has 5 nitrogen and oxygen atoms in total. The lowest BCUT2D eigenvalue weighted by molar-refractivity contribution is -0.143. The normalized spacial score (nSPS) is 12.2. The molecule has 98 valence electrons. The Morgan fingerprint density at radius 2 is 2.11 bits per heavy atom. The van der Waals surface area contributed by atoms with E-state index in [1.165, 1.54) is 0 Å². The van der Waals surface area contributed by atoms with Gasteiger partial charge in [0.25, 0.3) is 0 Å². The smallest absolute Gasteiger partial charge is 0.308 e. The Hall–Kier alpha value is -1.91. The van der Waals surface area contributed by atoms with E-state index < -0.39 is 11.9 Å². The SMILES string of the molecule is CC(C)C(CNC(=O)Cc1ccccn1)C(=O)O. The largest absolute Gasteiger partial charge is 0.481 e. The van der Waals surface area contributed by atoms with Crippen LogP contribution in [0, 0.1) is 11.8 Å². The van der Waals surface area contributed by atoms with Crippen LogP contribution in [0.3, 0.4) is 0 Å². The zero-order chi connectivity index (χ0) is 13.5. The first kappa shape index (κ1) is 14.2. The van der Waals surface area contributed by atoms with Gasteiger partial charge in [-0.3, -0.25) is 14.6 Å². The van der Waals surface area contributed by atoms with Crippen LogP contribution in [0.4, 0.5) is 0 Å². The topological polar surface area (TPSA) is 79.3 Å². The van der Waals surface area contributed by atoms with Crippen LogP contribution in [0.2, 0.25) is 0 Å². The molecule has 18 heavy (non-hydrogen) atoms. The highest BCUT2D eigenvalue weighted by Crippen LogP contribution is 2.09. The average Bonchev–Trinajstić information content (AvgIpc) is 2.29. The maximum atomic E-state index is 11.6. The van der Waals surface area contributed by atoms with Crippen molar-refractivity contribution in [3.05, 3.63) is 30.1 Å². The van der Waals surface area contributed by atoms with Crippen molar-refractivity contribution >= 4 is 11.9 Å². The second kappa shape index (κ2) is 6.74. The van der Waals surface area contributed by atoms with Gasteiger partial charge < -0.3 is 10.4 Å². The summed E-state index contributed by atoms with van der Waals surface area (Å²) in [4.78, 5) is 26.6. The van der Waals surface area contributed by atoms with Crippen LogP contribution in [0.1, 0.15) is 19.5 Å². The Labute approximate surface area is 106 Å². The minimum absolute atomic E-state index is 0.0161. The molecule has 0 aliphatic heterocycles. The number of pyridine rings is 1. The number of hydrogen-bond acceptors (Lipinski definition) is 3. The van der Waals surface area contributed by atoms with Crippen molar-refractivity contribution < 1.29 is 14.7 Å². The van der Waals surface area contributed by atoms with Crippen LogP contribution in [0.5, 0.6) is 0 Å². The van der Waals surface area contributed by atoms with E-state index in [0.29, 0.717) is 5.69 Å². The van der Waals surface area contributed by atoms with Crippen molar-refractivity contribution in [3.8, 4) is 0 Å². The van der Waals surface area contributed by atoms with Gasteiger partial charge in [0.05, 0.1) is 12.3 Å². The summed E-state index contributed by atoms with van der Waals surface area (Å²) in [6.45, 7) is 3.80. The zero-order valence-corrected chi connectivity index (χ0v) is 10.6. The number of rotatable bonds is 6. The maximum Gasteiger partial charge on any atom is 0.308 e. The average molecular weight is 250 g/mol. The van der Waals surface area contributed by atoms with Gasteiger partial charge in [-0.15, -0.1) is 0 Å². The Morgan fingerprint density at radius 1 is 1.39 bits per heavy atom. The molecule has 0 aromatic carbocycles. The summed E-state index contributed by atoms with van der Waals surface area (Å²) >= 11 is 0. The van der Waals surface area contributed by atoms with Crippen LogP contribution < -0.4 is 5.32 Å². The van der Waals surface area contributed by atoms with E-state index in [-0.39, 0.29) is 24.8 Å². The molecule has 1 amide bonds. The Bertz CT molecular complexity index is 404. The molecule has 0 aliphatic carbocycles. The van der Waals surface area contributed by atoms with Gasteiger partial charge in [0.15, 0.2) is 0 Å². The van der Waals surface area contributed by atoms with Crippen molar-refractivity contribution in [2.75, 3.05) is 6.54 Å². The van der Waals surface area contributed by atoms with Gasteiger partial charge in [0.1, 0.15) is 0 Å². The molecule has 1 unspecified atom stereocenters. The monoisotopic (exact) mass is 250 g/mol. The third-order valence-corrected chi connectivity index (χ3v) is 2.71. The van der Waals surface area contributed by atoms with Crippen molar-refractivity contribution in [3.63, 3.8) is 0 Å². The highest BCUT2D eigenvalue weighted by molar-refractivity contribution is 5.79. The molecule has 0 aliphatic rings. The number of hydrogen-bond donors (Lipinski definition) is 2. The van der Waals surface area contributed by atoms with Crippen molar-refractivity contribution in [2.24, 2.45) is 11.8 Å². The molecule has 0 saturated carbocycles. The minimum atomic E-state index is -0.886. The summed E-state index contributed by atoms with van der Waals surface area (Å²) in [5.41, 5.74) is 0.673. The first-order valence-corrected chi connectivity index (χ1v) is 5.90. The van der Waals surface area contributed by atoms with E-state index in [2.05, 4.69) is 10.3 Å². The van der Waals surface area contributed by atoms with Gasteiger partial charge in [-0.25, -0.2) is 0 Å². The fourth-order valence-electron chi connectivity index (χ4n) is 1.56. The number of nitrogens with one attached hydrogen (secondary N) is 1. The number of aromatic nitrogens is 1. The lowest BCUT2D eigenvalue weighted by atomic mass is 9.96. The van der Waals surface area contributed by atoms with E-state index in [1.54, 1.807) is 18.3 Å². The maximum absolute atomic E-state index is 11.6. The standard InChI is InChI=1S/C13H18N2O3/c1-9(2)11(13(17)18)8-15-12(16)7-10-5-3-4-6-14-10/h3-6,9,11H,7-8H2,1-2H3,(H,15,16)(H,17,18). The molecular weight excluding hydrogens is 232 g/mol. The van der Waals surface area contributed by atoms with Crippen LogP contribution in [-0.2, 0) is 16.0 Å². The van der Waals surface area contributed by atoms with Crippen LogP contribution in [0.15, 0.2) is 24.4 Å².